The van der Waals surface area contributed by atoms with Gasteiger partial charge in [0.1, 0.15) is 11.9 Å². The van der Waals surface area contributed by atoms with Crippen LogP contribution in [0.1, 0.15) is 54.3 Å². The molecule has 38 heavy (non-hydrogen) atoms. The number of alkyl halides is 3. The van der Waals surface area contributed by atoms with Crippen LogP contribution in [-0.2, 0) is 15.7 Å². The van der Waals surface area contributed by atoms with Gasteiger partial charge in [-0.15, -0.1) is 0 Å². The molecule has 0 heterocycles. The van der Waals surface area contributed by atoms with E-state index in [2.05, 4.69) is 23.9 Å². The van der Waals surface area contributed by atoms with Crippen LogP contribution in [-0.4, -0.2) is 25.5 Å². The summed E-state index contributed by atoms with van der Waals surface area (Å²) >= 11 is 6.48. The van der Waals surface area contributed by atoms with E-state index in [9.17, 15) is 22.8 Å². The van der Waals surface area contributed by atoms with Crippen molar-refractivity contribution in [2.45, 2.75) is 39.0 Å². The highest BCUT2D eigenvalue weighted by atomic mass is 35.5. The minimum atomic E-state index is -4.40. The fourth-order valence-electron chi connectivity index (χ4n) is 3.82. The Morgan fingerprint density at radius 2 is 1.63 bits per heavy atom. The predicted octanol–water partition coefficient (Wildman–Crippen LogP) is 7.48. The van der Waals surface area contributed by atoms with Gasteiger partial charge in [0.05, 0.1) is 24.1 Å². The molecule has 0 radical (unpaired) electrons. The number of benzene rings is 3. The fourth-order valence-corrected chi connectivity index (χ4v) is 4.10. The van der Waals surface area contributed by atoms with Crippen LogP contribution >= 0.6 is 11.6 Å². The SMILES string of the molecule is COC(=O)CCNC(=O)c1ccc(C(CC(C)C)Oc2ccc(-c3ccc(C(F)(F)F)cc3)c(Cl)c2)cc1. The van der Waals surface area contributed by atoms with E-state index in [0.717, 1.165) is 17.7 Å². The standard InChI is InChI=1S/C29H29ClF3NO4/c1-18(2)16-26(20-4-6-21(7-5-20)28(36)34-15-14-27(35)37-3)38-23-12-13-24(25(30)17-23)19-8-10-22(11-9-19)29(31,32)33/h4-13,17-18,26H,14-16H2,1-3H3,(H,34,36). The summed E-state index contributed by atoms with van der Waals surface area (Å²) in [6.07, 6.45) is -3.94. The molecule has 0 fully saturated rings. The molecule has 3 rings (SSSR count). The summed E-state index contributed by atoms with van der Waals surface area (Å²) in [7, 11) is 1.29. The van der Waals surface area contributed by atoms with E-state index in [-0.39, 0.29) is 25.0 Å². The first kappa shape index (κ1) is 29.0. The van der Waals surface area contributed by atoms with Crippen molar-refractivity contribution in [2.24, 2.45) is 5.92 Å². The summed E-state index contributed by atoms with van der Waals surface area (Å²) in [6.45, 7) is 4.32. The lowest BCUT2D eigenvalue weighted by Crippen LogP contribution is -2.26. The molecule has 202 valence electrons. The molecule has 0 aliphatic rings. The van der Waals surface area contributed by atoms with Gasteiger partial charge in [-0.25, -0.2) is 0 Å². The third-order valence-electron chi connectivity index (χ3n) is 5.81. The average molecular weight is 548 g/mol. The van der Waals surface area contributed by atoms with E-state index < -0.39 is 17.7 Å². The van der Waals surface area contributed by atoms with Crippen molar-refractivity contribution in [3.63, 3.8) is 0 Å². The summed E-state index contributed by atoms with van der Waals surface area (Å²) in [5.74, 6) is 0.123. The lowest BCUT2D eigenvalue weighted by Gasteiger charge is -2.22. The molecule has 3 aromatic carbocycles. The number of nitrogens with one attached hydrogen (secondary N) is 1. The van der Waals surface area contributed by atoms with E-state index in [1.165, 1.54) is 19.2 Å². The Bertz CT molecular complexity index is 1240. The van der Waals surface area contributed by atoms with Gasteiger partial charge in [-0.2, -0.15) is 13.2 Å². The Morgan fingerprint density at radius 1 is 0.974 bits per heavy atom. The zero-order chi connectivity index (χ0) is 27.9. The molecule has 0 spiro atoms. The summed E-state index contributed by atoms with van der Waals surface area (Å²) in [5, 5.41) is 3.03. The van der Waals surface area contributed by atoms with E-state index in [4.69, 9.17) is 16.3 Å². The molecule has 1 N–H and O–H groups in total. The Hall–Kier alpha value is -3.52. The van der Waals surface area contributed by atoms with Gasteiger partial charge < -0.3 is 14.8 Å². The Kier molecular flexibility index (Phi) is 9.80. The predicted molar refractivity (Wildman–Crippen MR) is 140 cm³/mol. The fraction of sp³-hybridized carbons (Fsp3) is 0.310. The van der Waals surface area contributed by atoms with E-state index in [0.29, 0.717) is 39.8 Å². The second kappa shape index (κ2) is 12.8. The number of carbonyl (C=O) groups excluding carboxylic acids is 2. The molecule has 5 nitrogen and oxygen atoms in total. The number of methoxy groups -OCH3 is 1. The molecular weight excluding hydrogens is 519 g/mol. The van der Waals surface area contributed by atoms with Crippen LogP contribution in [0.25, 0.3) is 11.1 Å². The second-order valence-electron chi connectivity index (χ2n) is 9.16. The normalized spacial score (nSPS) is 12.2. The number of carbonyl (C=O) groups is 2. The van der Waals surface area contributed by atoms with Crippen molar-refractivity contribution < 1.29 is 32.2 Å². The molecule has 1 atom stereocenters. The molecule has 0 saturated heterocycles. The highest BCUT2D eigenvalue weighted by Crippen LogP contribution is 2.36. The van der Waals surface area contributed by atoms with Gasteiger partial charge in [-0.3, -0.25) is 9.59 Å². The molecule has 1 amide bonds. The maximum Gasteiger partial charge on any atom is 0.416 e. The van der Waals surface area contributed by atoms with Gasteiger partial charge in [0, 0.05) is 17.7 Å². The first-order valence-corrected chi connectivity index (χ1v) is 12.4. The first-order chi connectivity index (χ1) is 18.0. The van der Waals surface area contributed by atoms with E-state index in [1.54, 1.807) is 30.3 Å². The van der Waals surface area contributed by atoms with Crippen LogP contribution in [0.3, 0.4) is 0 Å². The third kappa shape index (κ3) is 7.99. The maximum atomic E-state index is 12.9. The van der Waals surface area contributed by atoms with Gasteiger partial charge in [-0.05, 0) is 65.9 Å². The van der Waals surface area contributed by atoms with Crippen molar-refractivity contribution in [1.29, 1.82) is 0 Å². The van der Waals surface area contributed by atoms with E-state index >= 15 is 0 Å². The number of amides is 1. The number of hydrogen-bond acceptors (Lipinski definition) is 4. The van der Waals surface area contributed by atoms with Crippen molar-refractivity contribution in [1.82, 2.24) is 5.32 Å². The van der Waals surface area contributed by atoms with Gasteiger partial charge in [0.25, 0.3) is 5.91 Å². The molecule has 0 aromatic heterocycles. The highest BCUT2D eigenvalue weighted by molar-refractivity contribution is 6.33. The number of ether oxygens (including phenoxy) is 2. The molecule has 9 heteroatoms. The van der Waals surface area contributed by atoms with Crippen LogP contribution < -0.4 is 10.1 Å². The quantitative estimate of drug-likeness (QED) is 0.267. The van der Waals surface area contributed by atoms with Crippen LogP contribution in [0.5, 0.6) is 5.75 Å². The second-order valence-corrected chi connectivity index (χ2v) is 9.56. The highest BCUT2D eigenvalue weighted by Gasteiger charge is 2.30. The lowest BCUT2D eigenvalue weighted by atomic mass is 9.98. The van der Waals surface area contributed by atoms with Gasteiger partial charge >= 0.3 is 12.1 Å². The summed E-state index contributed by atoms with van der Waals surface area (Å²) in [4.78, 5) is 23.6. The Labute approximate surface area is 224 Å². The number of hydrogen-bond donors (Lipinski definition) is 1. The van der Waals surface area contributed by atoms with Crippen molar-refractivity contribution >= 4 is 23.5 Å². The molecule has 1 unspecified atom stereocenters. The van der Waals surface area contributed by atoms with Crippen molar-refractivity contribution in [2.75, 3.05) is 13.7 Å². The number of halogens is 4. The maximum absolute atomic E-state index is 12.9. The molecule has 0 aliphatic heterocycles. The summed E-state index contributed by atoms with van der Waals surface area (Å²) in [6, 6.07) is 16.9. The van der Waals surface area contributed by atoms with Crippen molar-refractivity contribution in [3.8, 4) is 16.9 Å². The van der Waals surface area contributed by atoms with Gasteiger partial charge in [-0.1, -0.05) is 49.7 Å². The average Bonchev–Trinajstić information content (AvgIpc) is 2.87. The minimum Gasteiger partial charge on any atom is -0.486 e. The monoisotopic (exact) mass is 547 g/mol. The summed E-state index contributed by atoms with van der Waals surface area (Å²) < 4.78 is 49.5. The van der Waals surface area contributed by atoms with Gasteiger partial charge in [0.15, 0.2) is 0 Å². The zero-order valence-corrected chi connectivity index (χ0v) is 22.0. The molecule has 0 saturated carbocycles. The van der Waals surface area contributed by atoms with Crippen LogP contribution in [0, 0.1) is 5.92 Å². The lowest BCUT2D eigenvalue weighted by molar-refractivity contribution is -0.140. The van der Waals surface area contributed by atoms with Crippen LogP contribution in [0.2, 0.25) is 5.02 Å². The number of esters is 1. The van der Waals surface area contributed by atoms with Crippen molar-refractivity contribution in [3.05, 3.63) is 88.4 Å². The number of rotatable bonds is 10. The van der Waals surface area contributed by atoms with Gasteiger partial charge in [0.2, 0.25) is 0 Å². The molecule has 3 aromatic rings. The van der Waals surface area contributed by atoms with Crippen LogP contribution in [0.4, 0.5) is 13.2 Å². The Balaban J connectivity index is 1.73. The zero-order valence-electron chi connectivity index (χ0n) is 21.3. The molecular formula is C29H29ClF3NO4. The largest absolute Gasteiger partial charge is 0.486 e. The smallest absolute Gasteiger partial charge is 0.416 e. The minimum absolute atomic E-state index is 0.0881. The third-order valence-corrected chi connectivity index (χ3v) is 6.13. The first-order valence-electron chi connectivity index (χ1n) is 12.1. The Morgan fingerprint density at radius 3 is 2.18 bits per heavy atom. The topological polar surface area (TPSA) is 64.6 Å². The summed E-state index contributed by atoms with van der Waals surface area (Å²) in [5.41, 5.74) is 1.75. The molecule has 0 bridgehead atoms. The molecule has 0 aliphatic carbocycles. The van der Waals surface area contributed by atoms with Crippen LogP contribution in [0.15, 0.2) is 66.7 Å². The van der Waals surface area contributed by atoms with E-state index in [1.807, 2.05) is 12.1 Å².